The Balaban J connectivity index is 2.31. The van der Waals surface area contributed by atoms with Gasteiger partial charge >= 0.3 is 0 Å². The van der Waals surface area contributed by atoms with Crippen molar-refractivity contribution in [2.24, 2.45) is 0 Å². The van der Waals surface area contributed by atoms with Crippen molar-refractivity contribution in [3.63, 3.8) is 0 Å². The van der Waals surface area contributed by atoms with Crippen molar-refractivity contribution in [2.45, 2.75) is 83.0 Å². The summed E-state index contributed by atoms with van der Waals surface area (Å²) in [6.07, 6.45) is 9.63. The molecule has 0 spiro atoms. The van der Waals surface area contributed by atoms with E-state index in [9.17, 15) is 15.0 Å². The van der Waals surface area contributed by atoms with E-state index in [2.05, 4.69) is 6.92 Å². The lowest BCUT2D eigenvalue weighted by atomic mass is 10.0. The van der Waals surface area contributed by atoms with Crippen LogP contribution in [0.3, 0.4) is 0 Å². The number of unbranched alkanes of at least 4 members (excludes halogenated alkanes) is 7. The van der Waals surface area contributed by atoms with Crippen LogP contribution in [0.1, 0.15) is 71.1 Å². The van der Waals surface area contributed by atoms with Gasteiger partial charge in [0, 0.05) is 18.8 Å². The van der Waals surface area contributed by atoms with Gasteiger partial charge in [0.1, 0.15) is 19.2 Å². The number of likely N-dealkylation sites (N-methyl/N-ethyl adjacent to an activating group) is 1. The molecular weight excluding hydrogens is 294 g/mol. The molecule has 1 rings (SSSR count). The topological polar surface area (TPSA) is 69.6 Å². The summed E-state index contributed by atoms with van der Waals surface area (Å²) in [5, 5.41) is 21.5. The summed E-state index contributed by atoms with van der Waals surface area (Å²) in [7, 11) is 4.01. The lowest BCUT2D eigenvalue weighted by Gasteiger charge is -2.46. The SMILES string of the molecule is CCCCCCCCCC[C@]1(O)C[N+](C)(C)C[C@@H](CC(=O)[O-])O1. The molecule has 5 heteroatoms. The van der Waals surface area contributed by atoms with Crippen molar-refractivity contribution >= 4 is 5.97 Å². The molecular formula is C18H35NO4. The average molecular weight is 329 g/mol. The molecule has 23 heavy (non-hydrogen) atoms. The number of carbonyl (C=O) groups is 1. The fourth-order valence-electron chi connectivity index (χ4n) is 3.63. The van der Waals surface area contributed by atoms with Crippen LogP contribution < -0.4 is 5.11 Å². The lowest BCUT2D eigenvalue weighted by molar-refractivity contribution is -0.915. The van der Waals surface area contributed by atoms with Gasteiger partial charge < -0.3 is 24.2 Å². The van der Waals surface area contributed by atoms with Crippen LogP contribution in [0, 0.1) is 0 Å². The third-order valence-electron chi connectivity index (χ3n) is 4.57. The number of ether oxygens (including phenoxy) is 1. The molecule has 0 saturated carbocycles. The predicted molar refractivity (Wildman–Crippen MR) is 88.5 cm³/mol. The summed E-state index contributed by atoms with van der Waals surface area (Å²) in [5.74, 6) is -2.32. The maximum atomic E-state index is 10.8. The third kappa shape index (κ3) is 8.68. The summed E-state index contributed by atoms with van der Waals surface area (Å²) < 4.78 is 6.27. The largest absolute Gasteiger partial charge is 0.550 e. The second-order valence-corrected chi connectivity index (χ2v) is 7.76. The minimum Gasteiger partial charge on any atom is -0.550 e. The van der Waals surface area contributed by atoms with E-state index in [0.29, 0.717) is 24.0 Å². The van der Waals surface area contributed by atoms with E-state index >= 15 is 0 Å². The highest BCUT2D eigenvalue weighted by Crippen LogP contribution is 2.29. The fraction of sp³-hybridized carbons (Fsp3) is 0.944. The monoisotopic (exact) mass is 329 g/mol. The first-order valence-corrected chi connectivity index (χ1v) is 9.18. The third-order valence-corrected chi connectivity index (χ3v) is 4.57. The molecule has 1 aliphatic rings. The molecule has 1 N–H and O–H groups in total. The first-order chi connectivity index (χ1) is 10.8. The van der Waals surface area contributed by atoms with Gasteiger partial charge in [-0.25, -0.2) is 0 Å². The van der Waals surface area contributed by atoms with Crippen molar-refractivity contribution in [3.05, 3.63) is 0 Å². The van der Waals surface area contributed by atoms with Crippen LogP contribution in [-0.2, 0) is 9.53 Å². The van der Waals surface area contributed by atoms with Gasteiger partial charge in [0.15, 0.2) is 0 Å². The van der Waals surface area contributed by atoms with E-state index in [-0.39, 0.29) is 6.42 Å². The summed E-state index contributed by atoms with van der Waals surface area (Å²) in [6.45, 7) is 3.32. The van der Waals surface area contributed by atoms with Gasteiger partial charge in [-0.1, -0.05) is 51.9 Å². The minimum atomic E-state index is -1.20. The average Bonchev–Trinajstić information content (AvgIpc) is 2.38. The molecule has 0 unspecified atom stereocenters. The quantitative estimate of drug-likeness (QED) is 0.464. The maximum Gasteiger partial charge on any atom is 0.216 e. The Bertz CT molecular complexity index is 359. The molecule has 1 saturated heterocycles. The van der Waals surface area contributed by atoms with Crippen LogP contribution in [-0.4, -0.2) is 54.6 Å². The fourth-order valence-corrected chi connectivity index (χ4v) is 3.63. The number of aliphatic hydroxyl groups is 1. The Morgan fingerprint density at radius 2 is 1.74 bits per heavy atom. The molecule has 0 aliphatic carbocycles. The van der Waals surface area contributed by atoms with Gasteiger partial charge in [-0.05, 0) is 6.42 Å². The smallest absolute Gasteiger partial charge is 0.216 e. The summed E-state index contributed by atoms with van der Waals surface area (Å²) in [5.41, 5.74) is 0. The van der Waals surface area contributed by atoms with Gasteiger partial charge in [0.25, 0.3) is 0 Å². The van der Waals surface area contributed by atoms with Gasteiger partial charge in [-0.3, -0.25) is 0 Å². The highest BCUT2D eigenvalue weighted by molar-refractivity contribution is 5.64. The molecule has 1 heterocycles. The lowest BCUT2D eigenvalue weighted by Crippen LogP contribution is -2.63. The number of hydrogen-bond acceptors (Lipinski definition) is 4. The molecule has 1 fully saturated rings. The zero-order valence-electron chi connectivity index (χ0n) is 15.2. The van der Waals surface area contributed by atoms with Crippen molar-refractivity contribution < 1.29 is 24.2 Å². The van der Waals surface area contributed by atoms with Crippen LogP contribution in [0.25, 0.3) is 0 Å². The minimum absolute atomic E-state index is 0.151. The van der Waals surface area contributed by atoms with E-state index < -0.39 is 17.9 Å². The van der Waals surface area contributed by atoms with E-state index in [0.717, 1.165) is 12.8 Å². The summed E-state index contributed by atoms with van der Waals surface area (Å²) in [6, 6.07) is 0. The zero-order chi connectivity index (χ0) is 17.3. The molecule has 5 nitrogen and oxygen atoms in total. The van der Waals surface area contributed by atoms with Crippen LogP contribution >= 0.6 is 0 Å². The van der Waals surface area contributed by atoms with Crippen LogP contribution in [0.5, 0.6) is 0 Å². The Hall–Kier alpha value is -0.650. The highest BCUT2D eigenvalue weighted by Gasteiger charge is 2.44. The molecule has 0 amide bonds. The molecule has 1 aliphatic heterocycles. The highest BCUT2D eigenvalue weighted by atomic mass is 16.6. The number of carbonyl (C=O) groups excluding carboxylic acids is 1. The van der Waals surface area contributed by atoms with Crippen LogP contribution in [0.15, 0.2) is 0 Å². The number of nitrogens with zero attached hydrogens (tertiary/aromatic N) is 1. The van der Waals surface area contributed by atoms with Crippen molar-refractivity contribution in [2.75, 3.05) is 27.2 Å². The first-order valence-electron chi connectivity index (χ1n) is 9.18. The molecule has 0 aromatic carbocycles. The van der Waals surface area contributed by atoms with Crippen LogP contribution in [0.2, 0.25) is 0 Å². The molecule has 0 radical (unpaired) electrons. The maximum absolute atomic E-state index is 10.8. The number of carboxylic acid groups (broad SMARTS) is 1. The van der Waals surface area contributed by atoms with Gasteiger partial charge in [0.2, 0.25) is 5.79 Å². The van der Waals surface area contributed by atoms with E-state index in [1.165, 1.54) is 38.5 Å². The number of rotatable bonds is 11. The van der Waals surface area contributed by atoms with Crippen LogP contribution in [0.4, 0.5) is 0 Å². The number of hydrogen-bond donors (Lipinski definition) is 1. The Morgan fingerprint density at radius 1 is 1.17 bits per heavy atom. The number of carboxylic acids is 1. The molecule has 0 aromatic rings. The summed E-state index contributed by atoms with van der Waals surface area (Å²) in [4.78, 5) is 10.8. The van der Waals surface area contributed by atoms with Crippen molar-refractivity contribution in [1.82, 2.24) is 0 Å². The van der Waals surface area contributed by atoms with Crippen molar-refractivity contribution in [3.8, 4) is 0 Å². The summed E-state index contributed by atoms with van der Waals surface area (Å²) >= 11 is 0. The zero-order valence-corrected chi connectivity index (χ0v) is 15.2. The molecule has 136 valence electrons. The number of aliphatic carboxylic acids is 1. The second-order valence-electron chi connectivity index (χ2n) is 7.76. The molecule has 0 aromatic heterocycles. The first kappa shape index (κ1) is 20.4. The number of morpholine rings is 1. The Morgan fingerprint density at radius 3 is 2.30 bits per heavy atom. The molecule has 0 bridgehead atoms. The Kier molecular flexibility index (Phi) is 8.51. The number of quaternary nitrogens is 1. The Labute approximate surface area is 141 Å². The standard InChI is InChI=1S/C18H35NO4/c1-4-5-6-7-8-9-10-11-12-18(22)15-19(2,3)14-16(23-18)13-17(20)21/h16,22H,4-15H2,1-3H3/t16-,18-/m1/s1. The molecule has 2 atom stereocenters. The van der Waals surface area contributed by atoms with E-state index in [1.54, 1.807) is 0 Å². The predicted octanol–water partition coefficient (Wildman–Crippen LogP) is 1.82. The van der Waals surface area contributed by atoms with Gasteiger partial charge in [-0.2, -0.15) is 0 Å². The van der Waals surface area contributed by atoms with E-state index in [4.69, 9.17) is 4.74 Å². The van der Waals surface area contributed by atoms with Gasteiger partial charge in [0.05, 0.1) is 14.1 Å². The van der Waals surface area contributed by atoms with E-state index in [1.807, 2.05) is 14.1 Å². The normalized spacial score (nSPS) is 27.0. The second kappa shape index (κ2) is 9.60. The van der Waals surface area contributed by atoms with Crippen molar-refractivity contribution in [1.29, 1.82) is 0 Å². The van der Waals surface area contributed by atoms with Gasteiger partial charge in [-0.15, -0.1) is 0 Å².